The highest BCUT2D eigenvalue weighted by Gasteiger charge is 2.24. The molecule has 10 heteroatoms. The first kappa shape index (κ1) is 76.6. The molecule has 78 heavy (non-hydrogen) atoms. The Labute approximate surface area is 493 Å². The van der Waals surface area contributed by atoms with Crippen molar-refractivity contribution in [1.82, 2.24) is 10.6 Å². The normalized spacial score (nSPS) is 12.2. The number of hydrogen-bond donors (Lipinski definition) is 2. The van der Waals surface area contributed by atoms with Crippen molar-refractivity contribution >= 4 is 45.3 Å². The van der Waals surface area contributed by atoms with E-state index in [-0.39, 0.29) is 11.8 Å². The third-order valence-corrected chi connectivity index (χ3v) is 18.6. The molecule has 0 fully saturated rings. The van der Waals surface area contributed by atoms with Crippen molar-refractivity contribution in [3.05, 3.63) is 0 Å². The van der Waals surface area contributed by atoms with Gasteiger partial charge >= 0.3 is 11.9 Å². The average Bonchev–Trinajstić information content (AvgIpc) is 3.44. The van der Waals surface area contributed by atoms with E-state index in [0.717, 1.165) is 38.5 Å². The van der Waals surface area contributed by atoms with Crippen molar-refractivity contribution in [3.63, 3.8) is 0 Å². The van der Waals surface area contributed by atoms with Crippen LogP contribution in [-0.4, -0.2) is 61.6 Å². The lowest BCUT2D eigenvalue weighted by Crippen LogP contribution is -2.44. The second-order valence-corrected chi connectivity index (χ2v) is 26.3. The average molecular weight is 1140 g/mol. The van der Waals surface area contributed by atoms with E-state index in [1.807, 2.05) is 0 Å². The van der Waals surface area contributed by atoms with Gasteiger partial charge in [0.2, 0.25) is 11.8 Å². The van der Waals surface area contributed by atoms with E-state index in [2.05, 4.69) is 24.5 Å². The summed E-state index contributed by atoms with van der Waals surface area (Å²) in [5, 5.41) is 5.71. The van der Waals surface area contributed by atoms with Crippen LogP contribution in [0.4, 0.5) is 0 Å². The molecule has 2 N–H and O–H groups in total. The Hall–Kier alpha value is -1.42. The van der Waals surface area contributed by atoms with Crippen LogP contribution >= 0.6 is 21.6 Å². The van der Waals surface area contributed by atoms with E-state index in [0.29, 0.717) is 24.3 Å². The molecule has 8 nitrogen and oxygen atoms in total. The molecule has 0 saturated heterocycles. The van der Waals surface area contributed by atoms with Gasteiger partial charge in [-0.05, 0) is 12.8 Å². The van der Waals surface area contributed by atoms with Crippen LogP contribution in [0.1, 0.15) is 373 Å². The van der Waals surface area contributed by atoms with Gasteiger partial charge in [-0.15, -0.1) is 0 Å². The van der Waals surface area contributed by atoms with Crippen molar-refractivity contribution in [2.45, 2.75) is 385 Å². The third kappa shape index (κ3) is 57.8. The van der Waals surface area contributed by atoms with Crippen LogP contribution in [-0.2, 0) is 28.7 Å². The van der Waals surface area contributed by atoms with Crippen LogP contribution in [0.5, 0.6) is 0 Å². The fourth-order valence-electron chi connectivity index (χ4n) is 10.9. The van der Waals surface area contributed by atoms with Crippen LogP contribution in [0.25, 0.3) is 0 Å². The zero-order chi connectivity index (χ0) is 56.7. The minimum atomic E-state index is -0.775. The highest BCUT2D eigenvalue weighted by atomic mass is 33.1. The van der Waals surface area contributed by atoms with Gasteiger partial charge in [-0.3, -0.25) is 9.59 Å². The number of esters is 2. The van der Waals surface area contributed by atoms with Gasteiger partial charge in [0.05, 0.1) is 14.2 Å². The number of hydrogen-bond acceptors (Lipinski definition) is 8. The van der Waals surface area contributed by atoms with Crippen molar-refractivity contribution < 1.29 is 28.7 Å². The molecule has 0 aromatic heterocycles. The SMILES string of the molecule is CCCCCCCCCCCCCCCCCCCCCCCCCCCCCC(=O)N[C@@H](CSSC[C@H](NC(=O)CCCCCCCCCCCCCCCCCCCCCCCCCCCCC)C(=O)OC)C(=O)OC. The number of nitrogens with one attached hydrogen (secondary N) is 2. The van der Waals surface area contributed by atoms with Gasteiger partial charge in [0.1, 0.15) is 12.1 Å². The van der Waals surface area contributed by atoms with E-state index < -0.39 is 24.0 Å². The maximum atomic E-state index is 12.8. The molecule has 0 radical (unpaired) electrons. The second kappa shape index (κ2) is 64.7. The van der Waals surface area contributed by atoms with Gasteiger partial charge < -0.3 is 20.1 Å². The molecule has 0 bridgehead atoms. The number of carbonyl (C=O) groups excluding carboxylic acids is 4. The van der Waals surface area contributed by atoms with E-state index >= 15 is 0 Å². The summed E-state index contributed by atoms with van der Waals surface area (Å²) >= 11 is 0. The van der Waals surface area contributed by atoms with Gasteiger partial charge in [0.15, 0.2) is 0 Å². The molecule has 0 aliphatic carbocycles. The largest absolute Gasteiger partial charge is 0.467 e. The molecule has 0 aromatic carbocycles. The minimum Gasteiger partial charge on any atom is -0.467 e. The molecule has 0 heterocycles. The first-order valence-corrected chi connectivity index (χ1v) is 36.9. The summed E-state index contributed by atoms with van der Waals surface area (Å²) in [6.45, 7) is 4.59. The topological polar surface area (TPSA) is 111 Å². The van der Waals surface area contributed by atoms with Gasteiger partial charge in [0.25, 0.3) is 0 Å². The standard InChI is InChI=1S/C68H132N2O6S2/c1-5-7-9-11-13-15-17-19-21-23-25-27-29-31-33-35-37-39-41-43-45-47-49-51-53-55-57-59-65(71)69-63(67(73)75-3)61-77-78-62-64(68(74)76-4)70-66(72)60-58-56-54-52-50-48-46-44-42-40-38-36-34-32-30-28-26-24-22-20-18-16-14-12-10-8-6-2/h63-64H,5-62H2,1-4H3,(H,69,71)(H,70,72)/t63-,64-/m0/s1. The van der Waals surface area contributed by atoms with Crippen LogP contribution in [0.3, 0.4) is 0 Å². The summed E-state index contributed by atoms with van der Waals surface area (Å²) in [5.74, 6) is -0.664. The third-order valence-electron chi connectivity index (χ3n) is 16.2. The Morgan fingerprint density at radius 2 is 0.423 bits per heavy atom. The highest BCUT2D eigenvalue weighted by Crippen LogP contribution is 2.25. The molecule has 0 saturated carbocycles. The molecule has 2 amide bonds. The summed E-state index contributed by atoms with van der Waals surface area (Å²) in [6, 6.07) is -1.55. The molecule has 0 rings (SSSR count). The van der Waals surface area contributed by atoms with Gasteiger partial charge in [-0.25, -0.2) is 9.59 Å². The lowest BCUT2D eigenvalue weighted by Gasteiger charge is -2.18. The summed E-state index contributed by atoms with van der Waals surface area (Å²) < 4.78 is 9.96. The van der Waals surface area contributed by atoms with Crippen LogP contribution in [0, 0.1) is 0 Å². The van der Waals surface area contributed by atoms with Crippen LogP contribution in [0.2, 0.25) is 0 Å². The number of rotatable bonds is 65. The van der Waals surface area contributed by atoms with Gasteiger partial charge in [0, 0.05) is 24.3 Å². The molecule has 0 aromatic rings. The second-order valence-electron chi connectivity index (χ2n) is 23.7. The zero-order valence-corrected chi connectivity index (χ0v) is 54.1. The molecule has 0 spiro atoms. The highest BCUT2D eigenvalue weighted by molar-refractivity contribution is 8.76. The summed E-state index contributed by atoms with van der Waals surface area (Å²) in [6.07, 6.45) is 74.0. The van der Waals surface area contributed by atoms with E-state index in [1.54, 1.807) is 0 Å². The molecular formula is C68H132N2O6S2. The van der Waals surface area contributed by atoms with Crippen LogP contribution < -0.4 is 10.6 Å². The smallest absolute Gasteiger partial charge is 0.329 e. The monoisotopic (exact) mass is 1140 g/mol. The Bertz CT molecular complexity index is 1180. The predicted octanol–water partition coefficient (Wildman–Crippen LogP) is 21.6. The van der Waals surface area contributed by atoms with E-state index in [9.17, 15) is 19.2 Å². The number of amides is 2. The quantitative estimate of drug-likeness (QED) is 0.0352. The Morgan fingerprint density at radius 1 is 0.269 bits per heavy atom. The maximum absolute atomic E-state index is 12.8. The minimum absolute atomic E-state index is 0.142. The lowest BCUT2D eigenvalue weighted by molar-refractivity contribution is -0.144. The van der Waals surface area contributed by atoms with E-state index in [4.69, 9.17) is 9.47 Å². The van der Waals surface area contributed by atoms with Crippen molar-refractivity contribution in [1.29, 1.82) is 0 Å². The summed E-state index contributed by atoms with van der Waals surface area (Å²) in [5.41, 5.74) is 0. The van der Waals surface area contributed by atoms with Crippen molar-refractivity contribution in [3.8, 4) is 0 Å². The first-order chi connectivity index (χ1) is 38.4. The lowest BCUT2D eigenvalue weighted by atomic mass is 10.0. The molecule has 0 aliphatic heterocycles. The number of unbranched alkanes of at least 4 members (excludes halogenated alkanes) is 52. The van der Waals surface area contributed by atoms with Crippen molar-refractivity contribution in [2.75, 3.05) is 25.7 Å². The van der Waals surface area contributed by atoms with Crippen molar-refractivity contribution in [2.24, 2.45) is 0 Å². The Morgan fingerprint density at radius 3 is 0.577 bits per heavy atom. The number of methoxy groups -OCH3 is 2. The van der Waals surface area contributed by atoms with Gasteiger partial charge in [-0.1, -0.05) is 369 Å². The molecular weight excluding hydrogens is 1000 g/mol. The fraction of sp³-hybridized carbons (Fsp3) is 0.941. The first-order valence-electron chi connectivity index (χ1n) is 34.4. The zero-order valence-electron chi connectivity index (χ0n) is 52.4. The van der Waals surface area contributed by atoms with Gasteiger partial charge in [-0.2, -0.15) is 0 Å². The summed E-state index contributed by atoms with van der Waals surface area (Å²) in [7, 11) is 5.40. The van der Waals surface area contributed by atoms with Crippen LogP contribution in [0.15, 0.2) is 0 Å². The molecule has 0 aliphatic rings. The maximum Gasteiger partial charge on any atom is 0.329 e. The predicted molar refractivity (Wildman–Crippen MR) is 343 cm³/mol. The number of carbonyl (C=O) groups is 4. The summed E-state index contributed by atoms with van der Waals surface area (Å²) in [4.78, 5) is 50.6. The molecule has 462 valence electrons. The van der Waals surface area contributed by atoms with E-state index in [1.165, 1.54) is 344 Å². The Kier molecular flexibility index (Phi) is 63.6. The fourth-order valence-corrected chi connectivity index (χ4v) is 13.2. The number of ether oxygens (including phenoxy) is 2. The molecule has 0 unspecified atom stereocenters. The molecule has 2 atom stereocenters. The Balaban J connectivity index is 3.78.